The molecule has 0 aliphatic rings. The third-order valence-electron chi connectivity index (χ3n) is 7.27. The highest BCUT2D eigenvalue weighted by atomic mass is 35.5. The summed E-state index contributed by atoms with van der Waals surface area (Å²) in [6, 6.07) is 15.8. The minimum atomic E-state index is -5.18. The second-order valence-electron chi connectivity index (χ2n) is 10.7. The Morgan fingerprint density at radius 3 is 1.85 bits per heavy atom. The molecular formula is C29H20ClN7O12S4. The number of thiol groups is 1. The second-order valence-corrected chi connectivity index (χ2v) is 16.2. The number of halogens is 1. The highest BCUT2D eigenvalue weighted by Gasteiger charge is 2.26. The number of fused-ring (bicyclic) bond motifs is 2. The van der Waals surface area contributed by atoms with E-state index in [9.17, 15) is 52.4 Å². The molecule has 0 saturated heterocycles. The summed E-state index contributed by atoms with van der Waals surface area (Å²) in [6.45, 7) is 0. The van der Waals surface area contributed by atoms with Gasteiger partial charge in [-0.2, -0.15) is 40.2 Å². The van der Waals surface area contributed by atoms with Crippen molar-refractivity contribution in [2.75, 3.05) is 10.6 Å². The predicted molar refractivity (Wildman–Crippen MR) is 190 cm³/mol. The molecule has 1 heterocycles. The topological polar surface area (TPSA) is 305 Å². The molecule has 0 radical (unpaired) electrons. The SMILES string of the molecule is O=[SH](=O)c1ccc(Nc2nc(Cl)nc(Nc3ccc4c(O)c(N=Nc5ccc6c(S(=O)(=O)O)cccc6c5S(=O)(=O)O)c(S(=O)(=O)O)cc4c3)n2)cc1. The molecule has 5 aromatic carbocycles. The summed E-state index contributed by atoms with van der Waals surface area (Å²) in [5, 5.41) is 23.3. The van der Waals surface area contributed by atoms with Crippen molar-refractivity contribution in [3.05, 3.63) is 84.1 Å². The Morgan fingerprint density at radius 2 is 1.25 bits per heavy atom. The molecule has 0 saturated carbocycles. The van der Waals surface area contributed by atoms with Gasteiger partial charge in [0.05, 0.1) is 4.90 Å². The molecule has 0 spiro atoms. The molecule has 24 heteroatoms. The van der Waals surface area contributed by atoms with Crippen molar-refractivity contribution in [3.63, 3.8) is 0 Å². The van der Waals surface area contributed by atoms with E-state index in [1.54, 1.807) is 0 Å². The largest absolute Gasteiger partial charge is 0.505 e. The van der Waals surface area contributed by atoms with Crippen molar-refractivity contribution in [3.8, 4) is 5.75 Å². The lowest BCUT2D eigenvalue weighted by atomic mass is 10.1. The van der Waals surface area contributed by atoms with Crippen molar-refractivity contribution in [1.29, 1.82) is 0 Å². The minimum Gasteiger partial charge on any atom is -0.505 e. The molecule has 0 fully saturated rings. The second kappa shape index (κ2) is 13.9. The summed E-state index contributed by atoms with van der Waals surface area (Å²) in [7, 11) is -18.0. The summed E-state index contributed by atoms with van der Waals surface area (Å²) in [5.41, 5.74) is -0.813. The van der Waals surface area contributed by atoms with Crippen molar-refractivity contribution < 1.29 is 52.4 Å². The van der Waals surface area contributed by atoms with Gasteiger partial charge in [0.1, 0.15) is 26.1 Å². The summed E-state index contributed by atoms with van der Waals surface area (Å²) in [6.07, 6.45) is 0. The van der Waals surface area contributed by atoms with Crippen molar-refractivity contribution in [2.24, 2.45) is 10.2 Å². The Bertz CT molecular complexity index is 2940. The van der Waals surface area contributed by atoms with Gasteiger partial charge in [-0.25, -0.2) is 8.42 Å². The Hall–Kier alpha value is -5.40. The van der Waals surface area contributed by atoms with Crippen LogP contribution in [-0.2, 0) is 41.1 Å². The van der Waals surface area contributed by atoms with Crippen LogP contribution >= 0.6 is 11.6 Å². The van der Waals surface area contributed by atoms with Crippen LogP contribution in [0.1, 0.15) is 0 Å². The zero-order valence-electron chi connectivity index (χ0n) is 25.8. The van der Waals surface area contributed by atoms with Crippen LogP contribution in [0, 0.1) is 0 Å². The van der Waals surface area contributed by atoms with Gasteiger partial charge in [-0.05, 0) is 77.7 Å². The van der Waals surface area contributed by atoms with E-state index in [4.69, 9.17) is 11.6 Å². The van der Waals surface area contributed by atoms with E-state index in [0.29, 0.717) is 5.69 Å². The van der Waals surface area contributed by atoms with Crippen LogP contribution in [-0.4, -0.2) is 67.4 Å². The maximum atomic E-state index is 12.5. The number of anilines is 4. The maximum absolute atomic E-state index is 12.5. The van der Waals surface area contributed by atoms with Gasteiger partial charge >= 0.3 is 0 Å². The molecule has 6 aromatic rings. The first kappa shape index (κ1) is 37.4. The molecule has 0 aliphatic heterocycles. The van der Waals surface area contributed by atoms with Gasteiger partial charge in [0.2, 0.25) is 17.2 Å². The number of aromatic nitrogens is 3. The summed E-state index contributed by atoms with van der Waals surface area (Å²) >= 11 is 6.07. The van der Waals surface area contributed by atoms with E-state index in [1.807, 2.05) is 0 Å². The average Bonchev–Trinajstić information content (AvgIpc) is 3.05. The predicted octanol–water partition coefficient (Wildman–Crippen LogP) is 5.15. The smallest absolute Gasteiger partial charge is 0.297 e. The molecule has 0 atom stereocenters. The van der Waals surface area contributed by atoms with Gasteiger partial charge in [0.15, 0.2) is 16.5 Å². The van der Waals surface area contributed by atoms with Gasteiger partial charge < -0.3 is 15.7 Å². The Morgan fingerprint density at radius 1 is 0.642 bits per heavy atom. The van der Waals surface area contributed by atoms with Gasteiger partial charge in [0, 0.05) is 27.5 Å². The number of azo groups is 1. The fourth-order valence-electron chi connectivity index (χ4n) is 5.08. The molecule has 19 nitrogen and oxygen atoms in total. The lowest BCUT2D eigenvalue weighted by Gasteiger charge is -2.12. The van der Waals surface area contributed by atoms with Crippen LogP contribution in [0.5, 0.6) is 5.75 Å². The number of nitrogens with zero attached hydrogens (tertiary/aromatic N) is 5. The van der Waals surface area contributed by atoms with Crippen molar-refractivity contribution in [1.82, 2.24) is 15.0 Å². The first-order valence-corrected chi connectivity index (χ1v) is 20.1. The monoisotopic (exact) mass is 821 g/mol. The van der Waals surface area contributed by atoms with E-state index in [0.717, 1.165) is 36.4 Å². The summed E-state index contributed by atoms with van der Waals surface area (Å²) in [4.78, 5) is 9.64. The van der Waals surface area contributed by atoms with E-state index in [1.165, 1.54) is 42.5 Å². The minimum absolute atomic E-state index is 0.0245. The molecular weight excluding hydrogens is 802 g/mol. The fraction of sp³-hybridized carbons (Fsp3) is 0. The van der Waals surface area contributed by atoms with Gasteiger partial charge in [-0.15, -0.1) is 10.2 Å². The molecule has 53 heavy (non-hydrogen) atoms. The molecule has 0 aliphatic carbocycles. The third kappa shape index (κ3) is 8.01. The van der Waals surface area contributed by atoms with Crippen LogP contribution in [0.4, 0.5) is 34.6 Å². The van der Waals surface area contributed by atoms with Crippen LogP contribution in [0.3, 0.4) is 0 Å². The number of nitrogens with one attached hydrogen (secondary N) is 2. The van der Waals surface area contributed by atoms with Crippen molar-refractivity contribution >= 4 is 109 Å². The summed E-state index contributed by atoms with van der Waals surface area (Å²) < 4.78 is 126. The Balaban J connectivity index is 1.38. The molecule has 0 amide bonds. The summed E-state index contributed by atoms with van der Waals surface area (Å²) in [5.74, 6) is -0.948. The fourth-order valence-corrected chi connectivity index (χ4v) is 7.82. The Kier molecular flexibility index (Phi) is 9.77. The highest BCUT2D eigenvalue weighted by Crippen LogP contribution is 2.43. The average molecular weight is 822 g/mol. The van der Waals surface area contributed by atoms with E-state index >= 15 is 0 Å². The van der Waals surface area contributed by atoms with E-state index in [2.05, 4.69) is 35.8 Å². The van der Waals surface area contributed by atoms with Crippen LogP contribution < -0.4 is 10.6 Å². The molecule has 1 aromatic heterocycles. The number of phenols is 1. The number of phenolic OH excluding ortho intramolecular Hbond substituents is 1. The quantitative estimate of drug-likeness (QED) is 0.0534. The molecule has 0 unspecified atom stereocenters. The number of rotatable bonds is 10. The zero-order chi connectivity index (χ0) is 38.5. The Labute approximate surface area is 305 Å². The van der Waals surface area contributed by atoms with E-state index < -0.39 is 78.3 Å². The maximum Gasteiger partial charge on any atom is 0.297 e. The number of hydrogen-bond donors (Lipinski definition) is 7. The van der Waals surface area contributed by atoms with Crippen LogP contribution in [0.15, 0.2) is 109 Å². The molecule has 6 rings (SSSR count). The standard InChI is InChI=1S/C29H20ClN7O12S4/c30-27-33-28(31-15-4-7-17(8-5-15)50(39)40)35-29(34-27)32-16-6-9-18-14(12-16)13-23(52(44,45)46)24(25(18)38)37-36-21-11-10-19-20(26(21)53(47,48)49)2-1-3-22(19)51(41,42)43/h1-13,38,50H,(H,41,42,43)(H,44,45,46)(H,47,48,49)(H2,31,32,33,34,35). The molecule has 274 valence electrons. The van der Waals surface area contributed by atoms with Gasteiger partial charge in [-0.3, -0.25) is 13.7 Å². The van der Waals surface area contributed by atoms with E-state index in [-0.39, 0.29) is 43.9 Å². The third-order valence-corrected chi connectivity index (χ3v) is 10.9. The molecule has 0 bridgehead atoms. The molecule has 6 N–H and O–H groups in total. The number of aromatic hydroxyl groups is 1. The van der Waals surface area contributed by atoms with Crippen LogP contribution in [0.25, 0.3) is 21.5 Å². The zero-order valence-corrected chi connectivity index (χ0v) is 29.9. The van der Waals surface area contributed by atoms with Gasteiger partial charge in [-0.1, -0.05) is 18.2 Å². The first-order valence-electron chi connectivity index (χ1n) is 14.2. The normalized spacial score (nSPS) is 12.5. The number of benzene rings is 5. The lowest BCUT2D eigenvalue weighted by molar-refractivity contribution is 0.472. The lowest BCUT2D eigenvalue weighted by Crippen LogP contribution is -2.04. The number of hydrogen-bond acceptors (Lipinski definition) is 16. The van der Waals surface area contributed by atoms with Crippen molar-refractivity contribution in [2.45, 2.75) is 19.6 Å². The highest BCUT2D eigenvalue weighted by molar-refractivity contribution is 7.86. The van der Waals surface area contributed by atoms with Gasteiger partial charge in [0.25, 0.3) is 30.4 Å². The van der Waals surface area contributed by atoms with Crippen LogP contribution in [0.2, 0.25) is 5.28 Å². The first-order chi connectivity index (χ1) is 24.8.